The first-order valence-corrected chi connectivity index (χ1v) is 2.10. The van der Waals surface area contributed by atoms with Crippen molar-refractivity contribution >= 4 is 40.0 Å². The third-order valence-electron chi connectivity index (χ3n) is 0. The van der Waals surface area contributed by atoms with Crippen LogP contribution in [0.5, 0.6) is 0 Å². The van der Waals surface area contributed by atoms with Crippen LogP contribution in [0.3, 0.4) is 0 Å². The Morgan fingerprint density at radius 2 is 0.471 bits per heavy atom. The Balaban J connectivity index is -0.00000000121. The minimum atomic E-state index is -4.67. The molecule has 0 aromatic heterocycles. The van der Waals surface area contributed by atoms with Crippen LogP contribution in [0.2, 0.25) is 0 Å². The maximum absolute atomic E-state index is 8.74. The van der Waals surface area contributed by atoms with Crippen LogP contribution in [-0.4, -0.2) is 107 Å². The fourth-order valence-electron chi connectivity index (χ4n) is 0. The maximum atomic E-state index is 8.74. The van der Waals surface area contributed by atoms with Gasteiger partial charge in [0.1, 0.15) is 0 Å². The van der Waals surface area contributed by atoms with Gasteiger partial charge in [-0.3, -0.25) is 9.11 Å². The van der Waals surface area contributed by atoms with E-state index in [1.807, 2.05) is 0 Å². The molecular weight excluding hydrogens is 295 g/mol. The van der Waals surface area contributed by atoms with Crippen molar-refractivity contribution in [3.63, 3.8) is 0 Å². The summed E-state index contributed by atoms with van der Waals surface area (Å²) in [5, 5.41) is 0. The Kier molecular flexibility index (Phi) is 1330. The van der Waals surface area contributed by atoms with Gasteiger partial charge in [0, 0.05) is 0 Å². The average Bonchev–Trinajstić information content (AvgIpc) is 0.722. The molecule has 0 saturated heterocycles. The quantitative estimate of drug-likeness (QED) is 0.323. The standard InChI is InChI=1S/Na.H2O4S.11H2O.H/c;1-5(2,3)4;;;;;;;;;;;;/h;(H2,1,2,3,4);11*1H2;. The van der Waals surface area contributed by atoms with Gasteiger partial charge in [0.25, 0.3) is 0 Å². The van der Waals surface area contributed by atoms with Gasteiger partial charge in [0.05, 0.1) is 0 Å². The normalized spacial score (nSPS) is 3.41. The first-order chi connectivity index (χ1) is 2.00. The molecule has 17 heteroatoms. The molecule has 0 spiro atoms. The number of hydrogen-bond acceptors (Lipinski definition) is 2. The van der Waals surface area contributed by atoms with Crippen LogP contribution < -0.4 is 0 Å². The Morgan fingerprint density at radius 1 is 0.471 bits per heavy atom. The van der Waals surface area contributed by atoms with Crippen LogP contribution in [0.15, 0.2) is 0 Å². The van der Waals surface area contributed by atoms with E-state index in [1.54, 1.807) is 0 Å². The van der Waals surface area contributed by atoms with Crippen LogP contribution >= 0.6 is 0 Å². The molecule has 0 aromatic rings. The zero-order valence-corrected chi connectivity index (χ0v) is 8.44. The molecule has 0 heterocycles. The predicted octanol–water partition coefficient (Wildman–Crippen LogP) is -10.4. The molecule has 17 heavy (non-hydrogen) atoms. The van der Waals surface area contributed by atoms with E-state index in [9.17, 15) is 0 Å². The van der Waals surface area contributed by atoms with E-state index in [-0.39, 0.29) is 89.8 Å². The molecule has 15 nitrogen and oxygen atoms in total. The summed E-state index contributed by atoms with van der Waals surface area (Å²) in [4.78, 5) is 0. The fourth-order valence-corrected chi connectivity index (χ4v) is 0. The zero-order valence-electron chi connectivity index (χ0n) is 7.62. The molecule has 0 unspecified atom stereocenters. The fraction of sp³-hybridized carbons (Fsp3) is 0. The number of hydrogen-bond donors (Lipinski definition) is 2. The summed E-state index contributed by atoms with van der Waals surface area (Å²) in [5.41, 5.74) is 0. The van der Waals surface area contributed by atoms with E-state index in [0.717, 1.165) is 0 Å². The zero-order chi connectivity index (χ0) is 4.50. The van der Waals surface area contributed by atoms with E-state index in [0.29, 0.717) is 0 Å². The van der Waals surface area contributed by atoms with Gasteiger partial charge in [-0.2, -0.15) is 8.42 Å². The van der Waals surface area contributed by atoms with Crippen molar-refractivity contribution in [3.05, 3.63) is 0 Å². The molecule has 122 valence electrons. The average molecular weight is 320 g/mol. The Bertz CT molecular complexity index is 94.1. The van der Waals surface area contributed by atoms with Crippen molar-refractivity contribution in [2.75, 3.05) is 0 Å². The summed E-state index contributed by atoms with van der Waals surface area (Å²) in [5.74, 6) is 0. The van der Waals surface area contributed by atoms with Gasteiger partial charge in [-0.15, -0.1) is 0 Å². The molecule has 0 bridgehead atoms. The van der Waals surface area contributed by atoms with Crippen molar-refractivity contribution in [2.45, 2.75) is 0 Å². The van der Waals surface area contributed by atoms with E-state index >= 15 is 0 Å². The van der Waals surface area contributed by atoms with Crippen LogP contribution in [0, 0.1) is 0 Å². The van der Waals surface area contributed by atoms with Crippen molar-refractivity contribution in [1.29, 1.82) is 0 Å². The summed E-state index contributed by atoms with van der Waals surface area (Å²) < 4.78 is 31.6. The van der Waals surface area contributed by atoms with Gasteiger partial charge < -0.3 is 60.2 Å². The van der Waals surface area contributed by atoms with Crippen molar-refractivity contribution in [2.24, 2.45) is 0 Å². The van der Waals surface area contributed by atoms with Crippen LogP contribution in [-0.2, 0) is 10.4 Å². The first-order valence-electron chi connectivity index (χ1n) is 0.698. The molecule has 24 N–H and O–H groups in total. The number of rotatable bonds is 0. The Morgan fingerprint density at radius 3 is 0.471 bits per heavy atom. The predicted molar refractivity (Wildman–Crippen MR) is 61.1 cm³/mol. The van der Waals surface area contributed by atoms with E-state index in [2.05, 4.69) is 0 Å². The molecule has 0 aliphatic carbocycles. The monoisotopic (exact) mass is 320 g/mol. The summed E-state index contributed by atoms with van der Waals surface area (Å²) in [7, 11) is -4.67. The second kappa shape index (κ2) is 94.6. The van der Waals surface area contributed by atoms with E-state index in [4.69, 9.17) is 17.5 Å². The van der Waals surface area contributed by atoms with Gasteiger partial charge >= 0.3 is 40.0 Å². The van der Waals surface area contributed by atoms with Gasteiger partial charge in [-0.1, -0.05) is 0 Å². The molecule has 0 aromatic carbocycles. The molecule has 0 rings (SSSR count). The summed E-state index contributed by atoms with van der Waals surface area (Å²) in [6.45, 7) is 0. The van der Waals surface area contributed by atoms with Crippen LogP contribution in [0.1, 0.15) is 0 Å². The van der Waals surface area contributed by atoms with Crippen molar-refractivity contribution in [1.82, 2.24) is 0 Å². The van der Waals surface area contributed by atoms with Crippen LogP contribution in [0.4, 0.5) is 0 Å². The summed E-state index contributed by atoms with van der Waals surface area (Å²) in [6.07, 6.45) is 0. The van der Waals surface area contributed by atoms with E-state index < -0.39 is 10.4 Å². The first kappa shape index (κ1) is 240. The molecule has 0 saturated carbocycles. The molecule has 0 fully saturated rings. The van der Waals surface area contributed by atoms with Gasteiger partial charge in [0.2, 0.25) is 0 Å². The SMILES string of the molecule is O.O.O.O.O.O.O.O.O.O.O.O=S(=O)(O)O.[NaH]. The van der Waals surface area contributed by atoms with Gasteiger partial charge in [-0.05, 0) is 0 Å². The van der Waals surface area contributed by atoms with E-state index in [1.165, 1.54) is 0 Å². The summed E-state index contributed by atoms with van der Waals surface area (Å²) >= 11 is 0. The molecular formula is H25NaO15S. The molecule has 0 atom stereocenters. The molecule has 0 aliphatic heterocycles. The second-order valence-electron chi connectivity index (χ2n) is 0.448. The van der Waals surface area contributed by atoms with Gasteiger partial charge in [0.15, 0.2) is 0 Å². The topological polar surface area (TPSA) is 421 Å². The van der Waals surface area contributed by atoms with Crippen LogP contribution in [0.25, 0.3) is 0 Å². The minimum absolute atomic E-state index is 0. The summed E-state index contributed by atoms with van der Waals surface area (Å²) in [6, 6.07) is 0. The van der Waals surface area contributed by atoms with Crippen molar-refractivity contribution in [3.8, 4) is 0 Å². The Hall–Kier alpha value is 0.430. The second-order valence-corrected chi connectivity index (χ2v) is 1.34. The molecule has 0 aliphatic rings. The van der Waals surface area contributed by atoms with Gasteiger partial charge in [-0.25, -0.2) is 0 Å². The Labute approximate surface area is 118 Å². The molecule has 0 amide bonds. The molecule has 0 radical (unpaired) electrons. The third-order valence-corrected chi connectivity index (χ3v) is 0. The van der Waals surface area contributed by atoms with Crippen molar-refractivity contribution < 1.29 is 77.8 Å². The third kappa shape index (κ3) is 18500.